The number of aromatic nitrogens is 4. The average Bonchev–Trinajstić information content (AvgIpc) is 3.42. The first-order valence-electron chi connectivity index (χ1n) is 9.59. The van der Waals surface area contributed by atoms with Crippen molar-refractivity contribution in [3.8, 4) is 23.0 Å². The number of ether oxygens (including phenoxy) is 1. The van der Waals surface area contributed by atoms with E-state index in [1.54, 1.807) is 30.7 Å². The van der Waals surface area contributed by atoms with Crippen LogP contribution in [0.2, 0.25) is 0 Å². The van der Waals surface area contributed by atoms with Crippen molar-refractivity contribution in [3.05, 3.63) is 57.6 Å². The fourth-order valence-corrected chi connectivity index (χ4v) is 4.84. The quantitative estimate of drug-likeness (QED) is 0.457. The number of aryl methyl sites for hydroxylation is 2. The SMILES string of the molecule is COc1cc2nc(C(C#N)=C(C)c3cc(C)n(-c4sc(C)cc4C#N)c3C)[nH]c2cn1. The van der Waals surface area contributed by atoms with Gasteiger partial charge < -0.3 is 14.3 Å². The fraction of sp³-hybridized carbons (Fsp3) is 0.217. The van der Waals surface area contributed by atoms with Gasteiger partial charge in [0.15, 0.2) is 0 Å². The summed E-state index contributed by atoms with van der Waals surface area (Å²) in [6, 6.07) is 10.3. The Balaban J connectivity index is 1.87. The van der Waals surface area contributed by atoms with E-state index in [4.69, 9.17) is 4.74 Å². The number of nitrogens with one attached hydrogen (secondary N) is 1. The molecule has 4 heterocycles. The van der Waals surface area contributed by atoms with E-state index in [0.29, 0.717) is 28.4 Å². The van der Waals surface area contributed by atoms with Crippen LogP contribution in [0.15, 0.2) is 24.4 Å². The Morgan fingerprint density at radius 1 is 1.19 bits per heavy atom. The van der Waals surface area contributed by atoms with Crippen molar-refractivity contribution in [1.82, 2.24) is 19.5 Å². The predicted octanol–water partition coefficient (Wildman–Crippen LogP) is 5.07. The zero-order valence-electron chi connectivity index (χ0n) is 17.9. The predicted molar refractivity (Wildman–Crippen MR) is 121 cm³/mol. The van der Waals surface area contributed by atoms with Crippen molar-refractivity contribution in [2.45, 2.75) is 27.7 Å². The standard InChI is InChI=1S/C23H20N6OS/c1-12-6-17(15(4)29(12)23-16(9-24)7-13(2)31-23)14(3)18(10-25)22-27-19-8-21(30-5)26-11-20(19)28-22/h6-8,11H,1-5H3,(H,27,28). The Morgan fingerprint density at radius 2 is 1.97 bits per heavy atom. The summed E-state index contributed by atoms with van der Waals surface area (Å²) in [5.41, 5.74) is 6.25. The average molecular weight is 429 g/mol. The minimum absolute atomic E-state index is 0.457. The minimum Gasteiger partial charge on any atom is -0.481 e. The van der Waals surface area contributed by atoms with Crippen LogP contribution in [0.3, 0.4) is 0 Å². The topological polar surface area (TPSA) is 103 Å². The number of hydrogen-bond acceptors (Lipinski definition) is 6. The van der Waals surface area contributed by atoms with Crippen molar-refractivity contribution in [2.24, 2.45) is 0 Å². The fourth-order valence-electron chi connectivity index (χ4n) is 3.77. The van der Waals surface area contributed by atoms with Crippen LogP contribution < -0.4 is 4.74 Å². The first kappa shape index (κ1) is 20.4. The van der Waals surface area contributed by atoms with Crippen molar-refractivity contribution in [3.63, 3.8) is 0 Å². The lowest BCUT2D eigenvalue weighted by molar-refractivity contribution is 0.398. The molecule has 0 atom stereocenters. The highest BCUT2D eigenvalue weighted by Crippen LogP contribution is 2.34. The number of pyridine rings is 1. The molecule has 0 unspecified atom stereocenters. The lowest BCUT2D eigenvalue weighted by atomic mass is 10.0. The van der Waals surface area contributed by atoms with Gasteiger partial charge in [0.2, 0.25) is 5.88 Å². The molecule has 4 aromatic heterocycles. The number of allylic oxidation sites excluding steroid dienone is 2. The lowest BCUT2D eigenvalue weighted by Crippen LogP contribution is -1.99. The van der Waals surface area contributed by atoms with E-state index in [2.05, 4.69) is 31.7 Å². The summed E-state index contributed by atoms with van der Waals surface area (Å²) in [5.74, 6) is 0.951. The van der Waals surface area contributed by atoms with Crippen molar-refractivity contribution < 1.29 is 4.74 Å². The van der Waals surface area contributed by atoms with Gasteiger partial charge in [-0.25, -0.2) is 9.97 Å². The monoisotopic (exact) mass is 428 g/mol. The van der Waals surface area contributed by atoms with Crippen molar-refractivity contribution >= 4 is 33.5 Å². The van der Waals surface area contributed by atoms with Gasteiger partial charge in [-0.2, -0.15) is 10.5 Å². The normalized spacial score (nSPS) is 11.8. The maximum atomic E-state index is 9.95. The maximum absolute atomic E-state index is 9.95. The van der Waals surface area contributed by atoms with E-state index < -0.39 is 0 Å². The lowest BCUT2D eigenvalue weighted by Gasteiger charge is -2.09. The first-order chi connectivity index (χ1) is 14.9. The van der Waals surface area contributed by atoms with Gasteiger partial charge >= 0.3 is 0 Å². The molecule has 0 spiro atoms. The van der Waals surface area contributed by atoms with Gasteiger partial charge in [0.05, 0.1) is 35.5 Å². The van der Waals surface area contributed by atoms with Gasteiger partial charge in [-0.1, -0.05) is 0 Å². The van der Waals surface area contributed by atoms with Crippen LogP contribution in [-0.4, -0.2) is 26.6 Å². The highest BCUT2D eigenvalue weighted by molar-refractivity contribution is 7.14. The molecule has 1 N–H and O–H groups in total. The van der Waals surface area contributed by atoms with Gasteiger partial charge in [0.1, 0.15) is 23.0 Å². The van der Waals surface area contributed by atoms with Crippen LogP contribution in [0.5, 0.6) is 5.88 Å². The largest absolute Gasteiger partial charge is 0.481 e. The molecule has 8 heteroatoms. The van der Waals surface area contributed by atoms with Gasteiger partial charge in [-0.15, -0.1) is 11.3 Å². The van der Waals surface area contributed by atoms with E-state index in [1.165, 1.54) is 0 Å². The van der Waals surface area contributed by atoms with Crippen molar-refractivity contribution in [2.75, 3.05) is 7.11 Å². The molecule has 0 radical (unpaired) electrons. The molecule has 4 rings (SSSR count). The number of rotatable bonds is 4. The summed E-state index contributed by atoms with van der Waals surface area (Å²) >= 11 is 1.58. The molecule has 4 aromatic rings. The van der Waals surface area contributed by atoms with E-state index in [9.17, 15) is 10.5 Å². The molecule has 0 bridgehead atoms. The molecule has 0 amide bonds. The number of imidazole rings is 1. The molecule has 31 heavy (non-hydrogen) atoms. The Kier molecular flexibility index (Phi) is 5.10. The highest BCUT2D eigenvalue weighted by Gasteiger charge is 2.20. The highest BCUT2D eigenvalue weighted by atomic mass is 32.1. The Bertz CT molecular complexity index is 1440. The van der Waals surface area contributed by atoms with Crippen LogP contribution in [0.1, 0.15) is 40.1 Å². The van der Waals surface area contributed by atoms with E-state index in [-0.39, 0.29) is 0 Å². The second-order valence-electron chi connectivity index (χ2n) is 7.25. The second-order valence-corrected chi connectivity index (χ2v) is 8.48. The van der Waals surface area contributed by atoms with Crippen LogP contribution in [0.4, 0.5) is 0 Å². The van der Waals surface area contributed by atoms with Gasteiger partial charge in [0.25, 0.3) is 0 Å². The van der Waals surface area contributed by atoms with E-state index >= 15 is 0 Å². The van der Waals surface area contributed by atoms with Gasteiger partial charge in [-0.3, -0.25) is 0 Å². The molecule has 0 saturated heterocycles. The number of nitrogens with zero attached hydrogens (tertiary/aromatic N) is 5. The number of aromatic amines is 1. The van der Waals surface area contributed by atoms with Crippen LogP contribution in [0, 0.1) is 43.4 Å². The van der Waals surface area contributed by atoms with Gasteiger partial charge in [0, 0.05) is 27.9 Å². The number of H-pyrrole nitrogens is 1. The molecular formula is C23H20N6OS. The summed E-state index contributed by atoms with van der Waals surface area (Å²) < 4.78 is 7.24. The summed E-state index contributed by atoms with van der Waals surface area (Å²) in [7, 11) is 1.55. The molecule has 0 aliphatic heterocycles. The molecule has 154 valence electrons. The Hall–Kier alpha value is -3.88. The zero-order chi connectivity index (χ0) is 22.3. The number of fused-ring (bicyclic) bond motifs is 1. The molecule has 0 fully saturated rings. The molecule has 0 aliphatic carbocycles. The molecule has 0 aliphatic rings. The second kappa shape index (κ2) is 7.75. The third-order valence-electron chi connectivity index (χ3n) is 5.27. The first-order valence-corrected chi connectivity index (χ1v) is 10.4. The van der Waals surface area contributed by atoms with Gasteiger partial charge in [-0.05, 0) is 45.4 Å². The molecule has 0 aromatic carbocycles. The molecule has 7 nitrogen and oxygen atoms in total. The maximum Gasteiger partial charge on any atom is 0.215 e. The van der Waals surface area contributed by atoms with Crippen LogP contribution in [0.25, 0.3) is 27.2 Å². The zero-order valence-corrected chi connectivity index (χ0v) is 18.7. The number of thiophene rings is 1. The summed E-state index contributed by atoms with van der Waals surface area (Å²) in [4.78, 5) is 13.0. The number of hydrogen-bond donors (Lipinski definition) is 1. The third kappa shape index (κ3) is 3.37. The third-order valence-corrected chi connectivity index (χ3v) is 6.31. The Morgan fingerprint density at radius 3 is 2.65 bits per heavy atom. The minimum atomic E-state index is 0.457. The summed E-state index contributed by atoms with van der Waals surface area (Å²) in [6.07, 6.45) is 1.64. The van der Waals surface area contributed by atoms with E-state index in [1.807, 2.05) is 39.8 Å². The number of nitriles is 2. The smallest absolute Gasteiger partial charge is 0.215 e. The Labute approximate surface area is 183 Å². The van der Waals surface area contributed by atoms with Crippen LogP contribution >= 0.6 is 11.3 Å². The van der Waals surface area contributed by atoms with E-state index in [0.717, 1.165) is 37.9 Å². The van der Waals surface area contributed by atoms with Crippen molar-refractivity contribution in [1.29, 1.82) is 10.5 Å². The van der Waals surface area contributed by atoms with Crippen LogP contribution in [-0.2, 0) is 0 Å². The number of methoxy groups -OCH3 is 1. The molecular weight excluding hydrogens is 408 g/mol. The molecule has 0 saturated carbocycles. The summed E-state index contributed by atoms with van der Waals surface area (Å²) in [6.45, 7) is 7.92. The summed E-state index contributed by atoms with van der Waals surface area (Å²) in [5, 5.41) is 20.4.